The molecule has 1 saturated heterocycles. The molecule has 1 fully saturated rings. The van der Waals surface area contributed by atoms with E-state index in [0.29, 0.717) is 17.3 Å². The van der Waals surface area contributed by atoms with Crippen LogP contribution in [0.4, 0.5) is 4.39 Å². The maximum Gasteiger partial charge on any atom is 0.239 e. The number of nitrogens with one attached hydrogen (secondary N) is 1. The SMILES string of the molecule is COc1ccccc1/C=N\N=C1/NC(=O)[C@@H](Cc2ccc(F)cc2)S1. The van der Waals surface area contributed by atoms with E-state index >= 15 is 0 Å². The van der Waals surface area contributed by atoms with Crippen LogP contribution in [0.25, 0.3) is 0 Å². The van der Waals surface area contributed by atoms with Gasteiger partial charge in [-0.3, -0.25) is 4.79 Å². The fraction of sp³-hybridized carbons (Fsp3) is 0.167. The lowest BCUT2D eigenvalue weighted by Crippen LogP contribution is -2.25. The molecule has 0 aromatic heterocycles. The number of thioether (sulfide) groups is 1. The summed E-state index contributed by atoms with van der Waals surface area (Å²) < 4.78 is 18.2. The van der Waals surface area contributed by atoms with Crippen molar-refractivity contribution in [3.8, 4) is 5.75 Å². The molecule has 1 aliphatic rings. The van der Waals surface area contributed by atoms with Crippen molar-refractivity contribution in [2.24, 2.45) is 10.2 Å². The van der Waals surface area contributed by atoms with Gasteiger partial charge in [-0.1, -0.05) is 36.0 Å². The molecule has 1 atom stereocenters. The topological polar surface area (TPSA) is 63.1 Å². The van der Waals surface area contributed by atoms with Crippen molar-refractivity contribution < 1.29 is 13.9 Å². The molecule has 25 heavy (non-hydrogen) atoms. The molecule has 5 nitrogen and oxygen atoms in total. The predicted molar refractivity (Wildman–Crippen MR) is 97.6 cm³/mol. The van der Waals surface area contributed by atoms with E-state index < -0.39 is 0 Å². The van der Waals surface area contributed by atoms with Crippen molar-refractivity contribution in [1.82, 2.24) is 5.32 Å². The molecule has 0 spiro atoms. The molecule has 2 aromatic rings. The Morgan fingerprint density at radius 2 is 2.00 bits per heavy atom. The molecule has 128 valence electrons. The predicted octanol–water partition coefficient (Wildman–Crippen LogP) is 3.00. The molecule has 1 N–H and O–H groups in total. The zero-order valence-corrected chi connectivity index (χ0v) is 14.3. The number of halogens is 1. The van der Waals surface area contributed by atoms with Crippen molar-refractivity contribution >= 4 is 29.1 Å². The third kappa shape index (κ3) is 4.45. The number of nitrogens with zero attached hydrogens (tertiary/aromatic N) is 2. The monoisotopic (exact) mass is 357 g/mol. The Labute approximate surface area is 149 Å². The number of ether oxygens (including phenoxy) is 1. The molecule has 0 radical (unpaired) electrons. The Hall–Kier alpha value is -2.67. The average molecular weight is 357 g/mol. The van der Waals surface area contributed by atoms with Crippen LogP contribution < -0.4 is 10.1 Å². The van der Waals surface area contributed by atoms with Gasteiger partial charge in [-0.15, -0.1) is 5.10 Å². The minimum atomic E-state index is -0.300. The molecular weight excluding hydrogens is 341 g/mol. The Morgan fingerprint density at radius 3 is 2.76 bits per heavy atom. The van der Waals surface area contributed by atoms with Crippen molar-refractivity contribution in [2.75, 3.05) is 7.11 Å². The number of hydrogen-bond acceptors (Lipinski definition) is 5. The molecule has 7 heteroatoms. The fourth-order valence-electron chi connectivity index (χ4n) is 2.34. The molecular formula is C18H16FN3O2S. The number of rotatable bonds is 5. The number of methoxy groups -OCH3 is 1. The van der Waals surface area contributed by atoms with Gasteiger partial charge >= 0.3 is 0 Å². The summed E-state index contributed by atoms with van der Waals surface area (Å²) in [6, 6.07) is 13.6. The van der Waals surface area contributed by atoms with Crippen LogP contribution in [0.5, 0.6) is 5.75 Å². The quantitative estimate of drug-likeness (QED) is 0.661. The van der Waals surface area contributed by atoms with Gasteiger partial charge in [0.15, 0.2) is 5.17 Å². The van der Waals surface area contributed by atoms with Crippen LogP contribution in [-0.4, -0.2) is 29.6 Å². The van der Waals surface area contributed by atoms with Gasteiger partial charge in [0.1, 0.15) is 11.6 Å². The van der Waals surface area contributed by atoms with Crippen molar-refractivity contribution in [1.29, 1.82) is 0 Å². The molecule has 2 aromatic carbocycles. The van der Waals surface area contributed by atoms with Crippen LogP contribution in [0.3, 0.4) is 0 Å². The number of benzene rings is 2. The van der Waals surface area contributed by atoms with Gasteiger partial charge < -0.3 is 10.1 Å². The maximum atomic E-state index is 12.9. The molecule has 3 rings (SSSR count). The van der Waals surface area contributed by atoms with E-state index in [1.165, 1.54) is 23.9 Å². The summed E-state index contributed by atoms with van der Waals surface area (Å²) in [7, 11) is 1.59. The van der Waals surface area contributed by atoms with Gasteiger partial charge in [-0.05, 0) is 36.2 Å². The highest BCUT2D eigenvalue weighted by atomic mass is 32.2. The van der Waals surface area contributed by atoms with Gasteiger partial charge in [0.2, 0.25) is 5.91 Å². The summed E-state index contributed by atoms with van der Waals surface area (Å²) in [4.78, 5) is 12.0. The number of carbonyl (C=O) groups excluding carboxylic acids is 1. The lowest BCUT2D eigenvalue weighted by atomic mass is 10.1. The summed E-state index contributed by atoms with van der Waals surface area (Å²) in [6.07, 6.45) is 2.08. The van der Waals surface area contributed by atoms with E-state index in [0.717, 1.165) is 11.1 Å². The Balaban J connectivity index is 1.64. The minimum Gasteiger partial charge on any atom is -0.496 e. The number of amidine groups is 1. The molecule has 1 heterocycles. The Bertz CT molecular complexity index is 821. The van der Waals surface area contributed by atoms with Crippen LogP contribution in [0.1, 0.15) is 11.1 Å². The van der Waals surface area contributed by atoms with Crippen LogP contribution in [0.15, 0.2) is 58.7 Å². The van der Waals surface area contributed by atoms with Gasteiger partial charge in [0.05, 0.1) is 18.6 Å². The molecule has 1 amide bonds. The fourth-order valence-corrected chi connectivity index (χ4v) is 3.30. The Morgan fingerprint density at radius 1 is 1.24 bits per heavy atom. The summed E-state index contributed by atoms with van der Waals surface area (Å²) >= 11 is 1.31. The first-order valence-electron chi connectivity index (χ1n) is 7.61. The summed E-state index contributed by atoms with van der Waals surface area (Å²) in [5.74, 6) is 0.282. The molecule has 0 bridgehead atoms. The van der Waals surface area contributed by atoms with Gasteiger partial charge in [0.25, 0.3) is 0 Å². The average Bonchev–Trinajstić information content (AvgIpc) is 2.97. The largest absolute Gasteiger partial charge is 0.496 e. The highest BCUT2D eigenvalue weighted by Gasteiger charge is 2.30. The van der Waals surface area contributed by atoms with Gasteiger partial charge in [-0.2, -0.15) is 5.10 Å². The summed E-state index contributed by atoms with van der Waals surface area (Å²) in [6.45, 7) is 0. The van der Waals surface area contributed by atoms with Gasteiger partial charge in [0, 0.05) is 5.56 Å². The molecule has 0 saturated carbocycles. The molecule has 0 aliphatic carbocycles. The standard InChI is InChI=1S/C18H16FN3O2S/c1-24-15-5-3-2-4-13(15)11-20-22-18-21-17(23)16(25-18)10-12-6-8-14(19)9-7-12/h2-9,11,16H,10H2,1H3,(H,21,22,23)/b20-11-/t16-/m1/s1. The normalized spacial score (nSPS) is 18.7. The lowest BCUT2D eigenvalue weighted by Gasteiger charge is -2.04. The summed E-state index contributed by atoms with van der Waals surface area (Å²) in [5, 5.41) is 10.9. The third-order valence-corrected chi connectivity index (χ3v) is 4.67. The highest BCUT2D eigenvalue weighted by molar-refractivity contribution is 8.15. The van der Waals surface area contributed by atoms with E-state index in [1.54, 1.807) is 25.5 Å². The third-order valence-electron chi connectivity index (χ3n) is 3.60. The van der Waals surface area contributed by atoms with E-state index in [4.69, 9.17) is 4.74 Å². The van der Waals surface area contributed by atoms with Crippen LogP contribution in [0.2, 0.25) is 0 Å². The number of para-hydroxylation sites is 1. The van der Waals surface area contributed by atoms with E-state index in [2.05, 4.69) is 15.5 Å². The molecule has 0 unspecified atom stereocenters. The Kier molecular flexibility index (Phi) is 5.45. The van der Waals surface area contributed by atoms with Crippen LogP contribution in [0, 0.1) is 5.82 Å². The zero-order chi connectivity index (χ0) is 17.6. The van der Waals surface area contributed by atoms with Crippen LogP contribution >= 0.6 is 11.8 Å². The number of hydrogen-bond donors (Lipinski definition) is 1. The summed E-state index contributed by atoms with van der Waals surface area (Å²) in [5.41, 5.74) is 1.69. The second kappa shape index (κ2) is 7.94. The van der Waals surface area contributed by atoms with Gasteiger partial charge in [-0.25, -0.2) is 4.39 Å². The second-order valence-electron chi connectivity index (χ2n) is 5.32. The highest BCUT2D eigenvalue weighted by Crippen LogP contribution is 2.23. The van der Waals surface area contributed by atoms with Crippen molar-refractivity contribution in [3.05, 3.63) is 65.5 Å². The zero-order valence-electron chi connectivity index (χ0n) is 13.5. The smallest absolute Gasteiger partial charge is 0.239 e. The number of amides is 1. The first-order chi connectivity index (χ1) is 12.2. The number of carbonyl (C=O) groups is 1. The maximum absolute atomic E-state index is 12.9. The van der Waals surface area contributed by atoms with E-state index in [1.807, 2.05) is 24.3 Å². The van der Waals surface area contributed by atoms with E-state index in [-0.39, 0.29) is 17.0 Å². The van der Waals surface area contributed by atoms with Crippen molar-refractivity contribution in [3.63, 3.8) is 0 Å². The van der Waals surface area contributed by atoms with Crippen LogP contribution in [-0.2, 0) is 11.2 Å². The van der Waals surface area contributed by atoms with E-state index in [9.17, 15) is 9.18 Å². The van der Waals surface area contributed by atoms with Crippen molar-refractivity contribution in [2.45, 2.75) is 11.7 Å². The first-order valence-corrected chi connectivity index (χ1v) is 8.49. The second-order valence-corrected chi connectivity index (χ2v) is 6.51. The minimum absolute atomic E-state index is 0.124. The first kappa shape index (κ1) is 17.2. The lowest BCUT2D eigenvalue weighted by molar-refractivity contribution is -0.118. The molecule has 1 aliphatic heterocycles.